The Labute approximate surface area is 156 Å². The van der Waals surface area contributed by atoms with Gasteiger partial charge < -0.3 is 30.0 Å². The number of nitrogen functional groups attached to an aromatic ring is 1. The zero-order chi connectivity index (χ0) is 19.3. The second-order valence-electron chi connectivity index (χ2n) is 5.25. The normalized spacial score (nSPS) is 10.2. The van der Waals surface area contributed by atoms with E-state index in [1.807, 2.05) is 0 Å². The Morgan fingerprint density at radius 1 is 1.00 bits per heavy atom. The van der Waals surface area contributed by atoms with Crippen molar-refractivity contribution in [2.75, 3.05) is 34.2 Å². The van der Waals surface area contributed by atoms with Gasteiger partial charge in [-0.2, -0.15) is 0 Å². The van der Waals surface area contributed by atoms with E-state index in [0.29, 0.717) is 28.7 Å². The smallest absolute Gasteiger partial charge is 0.255 e. The number of benzene rings is 2. The quantitative estimate of drug-likeness (QED) is 0.717. The molecule has 0 saturated heterocycles. The molecule has 0 aliphatic rings. The molecule has 0 bridgehead atoms. The largest absolute Gasteiger partial charge is 0.496 e. The van der Waals surface area contributed by atoms with Gasteiger partial charge in [0.25, 0.3) is 5.91 Å². The summed E-state index contributed by atoms with van der Waals surface area (Å²) in [5, 5.41) is 3.08. The molecule has 2 aromatic rings. The first-order chi connectivity index (χ1) is 12.5. The SMILES string of the molecule is COc1cc(N)c(Cl)cc1C(=O)NCc1ccc(OC)c(OC)c1OC. The van der Waals surface area contributed by atoms with Gasteiger partial charge in [-0.1, -0.05) is 11.6 Å². The van der Waals surface area contributed by atoms with Gasteiger partial charge in [-0.15, -0.1) is 0 Å². The predicted octanol–water partition coefficient (Wildman–Crippen LogP) is 2.89. The molecule has 7 nitrogen and oxygen atoms in total. The Bertz CT molecular complexity index is 811. The lowest BCUT2D eigenvalue weighted by Gasteiger charge is -2.16. The summed E-state index contributed by atoms with van der Waals surface area (Å²) in [6, 6.07) is 6.50. The molecule has 0 unspecified atom stereocenters. The highest BCUT2D eigenvalue weighted by molar-refractivity contribution is 6.33. The number of hydrogen-bond donors (Lipinski definition) is 2. The fourth-order valence-electron chi connectivity index (χ4n) is 2.49. The van der Waals surface area contributed by atoms with Gasteiger partial charge in [0.15, 0.2) is 11.5 Å². The molecule has 0 saturated carbocycles. The van der Waals surface area contributed by atoms with Crippen molar-refractivity contribution in [3.8, 4) is 23.0 Å². The van der Waals surface area contributed by atoms with E-state index >= 15 is 0 Å². The fraction of sp³-hybridized carbons (Fsp3) is 0.278. The number of ether oxygens (including phenoxy) is 4. The van der Waals surface area contributed by atoms with Crippen molar-refractivity contribution >= 4 is 23.2 Å². The first-order valence-corrected chi connectivity index (χ1v) is 8.03. The van der Waals surface area contributed by atoms with Gasteiger partial charge in [0.05, 0.1) is 44.7 Å². The van der Waals surface area contributed by atoms with Crippen molar-refractivity contribution in [3.05, 3.63) is 40.4 Å². The lowest BCUT2D eigenvalue weighted by molar-refractivity contribution is 0.0947. The number of amides is 1. The minimum atomic E-state index is -0.361. The molecule has 0 spiro atoms. The Morgan fingerprint density at radius 2 is 1.65 bits per heavy atom. The van der Waals surface area contributed by atoms with Gasteiger partial charge in [-0.3, -0.25) is 4.79 Å². The number of carbonyl (C=O) groups is 1. The summed E-state index contributed by atoms with van der Waals surface area (Å²) in [6.45, 7) is 0.202. The first-order valence-electron chi connectivity index (χ1n) is 7.65. The maximum Gasteiger partial charge on any atom is 0.255 e. The van der Waals surface area contributed by atoms with Crippen LogP contribution in [0.1, 0.15) is 15.9 Å². The zero-order valence-corrected chi connectivity index (χ0v) is 15.8. The van der Waals surface area contributed by atoms with E-state index in [9.17, 15) is 4.79 Å². The molecule has 0 aliphatic carbocycles. The van der Waals surface area contributed by atoms with Crippen LogP contribution >= 0.6 is 11.6 Å². The van der Waals surface area contributed by atoms with E-state index in [1.54, 1.807) is 12.1 Å². The van der Waals surface area contributed by atoms with Gasteiger partial charge in [0.1, 0.15) is 5.75 Å². The Kier molecular flexibility index (Phi) is 6.41. The highest BCUT2D eigenvalue weighted by atomic mass is 35.5. The van der Waals surface area contributed by atoms with E-state index in [1.165, 1.54) is 40.6 Å². The molecule has 140 valence electrons. The van der Waals surface area contributed by atoms with Gasteiger partial charge >= 0.3 is 0 Å². The van der Waals surface area contributed by atoms with Crippen molar-refractivity contribution in [1.29, 1.82) is 0 Å². The minimum Gasteiger partial charge on any atom is -0.496 e. The molecule has 0 heterocycles. The van der Waals surface area contributed by atoms with Crippen LogP contribution in [0.2, 0.25) is 5.02 Å². The molecule has 2 rings (SSSR count). The molecule has 0 aliphatic heterocycles. The molecule has 1 amide bonds. The molecule has 3 N–H and O–H groups in total. The molecule has 0 atom stereocenters. The van der Waals surface area contributed by atoms with Crippen molar-refractivity contribution in [1.82, 2.24) is 5.32 Å². The van der Waals surface area contributed by atoms with Crippen molar-refractivity contribution in [2.45, 2.75) is 6.54 Å². The molecule has 26 heavy (non-hydrogen) atoms. The maximum absolute atomic E-state index is 12.6. The molecular weight excluding hydrogens is 360 g/mol. The minimum absolute atomic E-state index is 0.202. The van der Waals surface area contributed by atoms with Crippen LogP contribution in [0.25, 0.3) is 0 Å². The third kappa shape index (κ3) is 3.88. The Hall–Kier alpha value is -2.80. The van der Waals surface area contributed by atoms with Crippen LogP contribution in [0.5, 0.6) is 23.0 Å². The number of carbonyl (C=O) groups excluding carboxylic acids is 1. The summed E-state index contributed by atoms with van der Waals surface area (Å²) in [7, 11) is 6.03. The number of nitrogens with one attached hydrogen (secondary N) is 1. The Balaban J connectivity index is 2.27. The predicted molar refractivity (Wildman–Crippen MR) is 99.7 cm³/mol. The average molecular weight is 381 g/mol. The second-order valence-corrected chi connectivity index (χ2v) is 5.66. The topological polar surface area (TPSA) is 92.0 Å². The number of halogens is 1. The van der Waals surface area contributed by atoms with Gasteiger partial charge in [0, 0.05) is 18.2 Å². The number of nitrogens with two attached hydrogens (primary N) is 1. The van der Waals surface area contributed by atoms with Gasteiger partial charge in [-0.05, 0) is 18.2 Å². The Morgan fingerprint density at radius 3 is 2.23 bits per heavy atom. The van der Waals surface area contributed by atoms with Crippen molar-refractivity contribution in [3.63, 3.8) is 0 Å². The fourth-order valence-corrected chi connectivity index (χ4v) is 2.65. The van der Waals surface area contributed by atoms with Crippen LogP contribution in [0.15, 0.2) is 24.3 Å². The van der Waals surface area contributed by atoms with Crippen molar-refractivity contribution in [2.24, 2.45) is 0 Å². The third-order valence-electron chi connectivity index (χ3n) is 3.79. The molecule has 0 fully saturated rings. The highest BCUT2D eigenvalue weighted by Crippen LogP contribution is 2.39. The number of methoxy groups -OCH3 is 4. The lowest BCUT2D eigenvalue weighted by Crippen LogP contribution is -2.24. The van der Waals surface area contributed by atoms with Crippen LogP contribution < -0.4 is 30.0 Å². The molecule has 0 radical (unpaired) electrons. The van der Waals surface area contributed by atoms with E-state index < -0.39 is 0 Å². The second kappa shape index (κ2) is 8.53. The highest BCUT2D eigenvalue weighted by Gasteiger charge is 2.18. The molecule has 8 heteroatoms. The summed E-state index contributed by atoms with van der Waals surface area (Å²) in [5.74, 6) is 1.44. The number of hydrogen-bond acceptors (Lipinski definition) is 6. The van der Waals surface area contributed by atoms with Crippen LogP contribution in [0.4, 0.5) is 5.69 Å². The monoisotopic (exact) mass is 380 g/mol. The van der Waals surface area contributed by atoms with Crippen molar-refractivity contribution < 1.29 is 23.7 Å². The summed E-state index contributed by atoms with van der Waals surface area (Å²) in [4.78, 5) is 12.6. The summed E-state index contributed by atoms with van der Waals surface area (Å²) < 4.78 is 21.2. The number of rotatable bonds is 7. The molecule has 0 aromatic heterocycles. The van der Waals surface area contributed by atoms with E-state index in [4.69, 9.17) is 36.3 Å². The van der Waals surface area contributed by atoms with E-state index in [2.05, 4.69) is 5.32 Å². The summed E-state index contributed by atoms with van der Waals surface area (Å²) >= 11 is 6.01. The molecule has 2 aromatic carbocycles. The van der Waals surface area contributed by atoms with Crippen LogP contribution in [0.3, 0.4) is 0 Å². The zero-order valence-electron chi connectivity index (χ0n) is 15.0. The molecular formula is C18H21ClN2O5. The van der Waals surface area contributed by atoms with E-state index in [0.717, 1.165) is 5.56 Å². The van der Waals surface area contributed by atoms with Crippen LogP contribution in [-0.2, 0) is 6.54 Å². The van der Waals surface area contributed by atoms with Gasteiger partial charge in [0.2, 0.25) is 5.75 Å². The van der Waals surface area contributed by atoms with Crippen LogP contribution in [0, 0.1) is 0 Å². The third-order valence-corrected chi connectivity index (χ3v) is 4.12. The summed E-state index contributed by atoms with van der Waals surface area (Å²) in [6.07, 6.45) is 0. The van der Waals surface area contributed by atoms with Gasteiger partial charge in [-0.25, -0.2) is 0 Å². The first kappa shape index (κ1) is 19.5. The average Bonchev–Trinajstić information content (AvgIpc) is 2.66. The maximum atomic E-state index is 12.6. The number of anilines is 1. The van der Waals surface area contributed by atoms with Crippen LogP contribution in [-0.4, -0.2) is 34.3 Å². The standard InChI is InChI=1S/C18H21ClN2O5/c1-23-14-6-5-10(16(25-3)17(14)26-4)9-21-18(22)11-7-12(19)13(20)8-15(11)24-2/h5-8H,9,20H2,1-4H3,(H,21,22). The lowest BCUT2D eigenvalue weighted by atomic mass is 10.1. The van der Waals surface area contributed by atoms with E-state index in [-0.39, 0.29) is 23.0 Å². The summed E-state index contributed by atoms with van der Waals surface area (Å²) in [5.41, 5.74) is 7.08.